The minimum Gasteiger partial charge on any atom is -0.379 e. The van der Waals surface area contributed by atoms with Crippen molar-refractivity contribution in [2.24, 2.45) is 0 Å². The number of morpholine rings is 1. The van der Waals surface area contributed by atoms with Gasteiger partial charge in [-0.25, -0.2) is 0 Å². The normalized spacial score (nSPS) is 18.8. The second-order valence-corrected chi connectivity index (χ2v) is 10.1. The molecule has 1 aromatic heterocycles. The first kappa shape index (κ1) is 23.2. The Morgan fingerprint density at radius 2 is 1.84 bits per heavy atom. The van der Waals surface area contributed by atoms with Gasteiger partial charge in [-0.05, 0) is 43.5 Å². The van der Waals surface area contributed by atoms with Gasteiger partial charge in [-0.3, -0.25) is 14.5 Å². The first-order valence-electron chi connectivity index (χ1n) is 11.3. The topological polar surface area (TPSA) is 70.7 Å². The summed E-state index contributed by atoms with van der Waals surface area (Å²) in [4.78, 5) is 28.8. The molecule has 0 unspecified atom stereocenters. The Morgan fingerprint density at radius 1 is 1.12 bits per heavy atom. The van der Waals surface area contributed by atoms with Crippen LogP contribution in [0.1, 0.15) is 57.7 Å². The number of thiophene rings is 1. The molecule has 0 radical (unpaired) electrons. The van der Waals surface area contributed by atoms with Crippen LogP contribution in [0.2, 0.25) is 5.02 Å². The number of hydrogen-bond donors (Lipinski definition) is 2. The summed E-state index contributed by atoms with van der Waals surface area (Å²) < 4.78 is 5.55. The van der Waals surface area contributed by atoms with E-state index in [0.717, 1.165) is 44.7 Å². The van der Waals surface area contributed by atoms with Crippen molar-refractivity contribution in [1.82, 2.24) is 10.2 Å². The molecular weight excluding hydrogens is 446 g/mol. The van der Waals surface area contributed by atoms with Crippen molar-refractivity contribution < 1.29 is 14.3 Å². The van der Waals surface area contributed by atoms with Crippen LogP contribution >= 0.6 is 22.9 Å². The highest BCUT2D eigenvalue weighted by Gasteiger charge is 2.39. The van der Waals surface area contributed by atoms with Gasteiger partial charge in [-0.2, -0.15) is 0 Å². The van der Waals surface area contributed by atoms with Gasteiger partial charge in [-0.15, -0.1) is 11.3 Å². The summed E-state index contributed by atoms with van der Waals surface area (Å²) in [5.41, 5.74) is 1.28. The molecule has 0 spiro atoms. The molecule has 8 heteroatoms. The predicted molar refractivity (Wildman–Crippen MR) is 129 cm³/mol. The van der Waals surface area contributed by atoms with Crippen molar-refractivity contribution in [3.05, 3.63) is 51.4 Å². The molecule has 1 saturated carbocycles. The van der Waals surface area contributed by atoms with Gasteiger partial charge < -0.3 is 15.4 Å². The zero-order valence-corrected chi connectivity index (χ0v) is 20.0. The summed E-state index contributed by atoms with van der Waals surface area (Å²) in [5, 5.41) is 7.12. The van der Waals surface area contributed by atoms with E-state index in [4.69, 9.17) is 16.3 Å². The highest BCUT2D eigenvalue weighted by Crippen LogP contribution is 2.34. The summed E-state index contributed by atoms with van der Waals surface area (Å²) >= 11 is 7.43. The Bertz CT molecular complexity index is 965. The number of nitrogens with one attached hydrogen (secondary N) is 2. The molecule has 1 aliphatic heterocycles. The minimum absolute atomic E-state index is 0.0178. The molecule has 172 valence electrons. The monoisotopic (exact) mass is 475 g/mol. The van der Waals surface area contributed by atoms with Crippen molar-refractivity contribution >= 4 is 39.8 Å². The summed E-state index contributed by atoms with van der Waals surface area (Å²) in [6.07, 6.45) is 5.87. The van der Waals surface area contributed by atoms with Crippen molar-refractivity contribution in [3.63, 3.8) is 0 Å². The fourth-order valence-corrected chi connectivity index (χ4v) is 5.98. The van der Waals surface area contributed by atoms with Gasteiger partial charge in [-0.1, -0.05) is 43.0 Å². The Kier molecular flexibility index (Phi) is 7.51. The zero-order chi connectivity index (χ0) is 22.6. The number of rotatable bonds is 6. The number of hydrogen-bond acceptors (Lipinski definition) is 5. The number of carbonyl (C=O) groups excluding carboxylic acids is 2. The second-order valence-electron chi connectivity index (χ2n) is 8.62. The van der Waals surface area contributed by atoms with Gasteiger partial charge in [0.2, 0.25) is 0 Å². The number of anilines is 1. The molecule has 1 saturated heterocycles. The second kappa shape index (κ2) is 10.3. The standard InChI is InChI=1S/C24H30ClN3O3S/c1-17-15-20(27-22(29)18-7-3-4-8-19(18)25)32-21(17)23(30)26-16-24(9-5-2-6-10-24)28-11-13-31-14-12-28/h3-4,7-8,15H,2,5-6,9-14,16H2,1H3,(H,26,30)(H,27,29). The summed E-state index contributed by atoms with van der Waals surface area (Å²) in [6, 6.07) is 8.76. The van der Waals surface area contributed by atoms with E-state index in [-0.39, 0.29) is 17.4 Å². The van der Waals surface area contributed by atoms with Gasteiger partial charge in [0.05, 0.1) is 33.7 Å². The number of carbonyl (C=O) groups is 2. The Labute approximate surface area is 198 Å². The number of halogens is 1. The van der Waals surface area contributed by atoms with Gasteiger partial charge in [0.25, 0.3) is 11.8 Å². The fraction of sp³-hybridized carbons (Fsp3) is 0.500. The lowest BCUT2D eigenvalue weighted by Crippen LogP contribution is -2.59. The Balaban J connectivity index is 1.42. The quantitative estimate of drug-likeness (QED) is 0.633. The first-order chi connectivity index (χ1) is 15.5. The average molecular weight is 476 g/mol. The molecule has 2 fully saturated rings. The van der Waals surface area contributed by atoms with E-state index in [9.17, 15) is 9.59 Å². The smallest absolute Gasteiger partial charge is 0.261 e. The van der Waals surface area contributed by atoms with Crippen LogP contribution < -0.4 is 10.6 Å². The highest BCUT2D eigenvalue weighted by molar-refractivity contribution is 7.18. The summed E-state index contributed by atoms with van der Waals surface area (Å²) in [7, 11) is 0. The lowest BCUT2D eigenvalue weighted by molar-refractivity contribution is -0.0361. The van der Waals surface area contributed by atoms with Crippen LogP contribution in [0.3, 0.4) is 0 Å². The fourth-order valence-electron chi connectivity index (χ4n) is 4.77. The SMILES string of the molecule is Cc1cc(NC(=O)c2ccccc2Cl)sc1C(=O)NCC1(N2CCOCC2)CCCCC1. The van der Waals surface area contributed by atoms with Crippen molar-refractivity contribution in [3.8, 4) is 0 Å². The van der Waals surface area contributed by atoms with E-state index in [2.05, 4.69) is 15.5 Å². The highest BCUT2D eigenvalue weighted by atomic mass is 35.5. The van der Waals surface area contributed by atoms with Crippen LogP contribution in [-0.4, -0.2) is 55.1 Å². The van der Waals surface area contributed by atoms with Gasteiger partial charge in [0.15, 0.2) is 0 Å². The Hall–Kier alpha value is -1.93. The number of aryl methyl sites for hydroxylation is 1. The van der Waals surface area contributed by atoms with Crippen molar-refractivity contribution in [2.75, 3.05) is 38.2 Å². The largest absolute Gasteiger partial charge is 0.379 e. The van der Waals surface area contributed by atoms with Crippen molar-refractivity contribution in [2.45, 2.75) is 44.6 Å². The minimum atomic E-state index is -0.280. The molecule has 0 bridgehead atoms. The molecule has 32 heavy (non-hydrogen) atoms. The van der Waals surface area contributed by atoms with Crippen LogP contribution in [0.25, 0.3) is 0 Å². The number of nitrogens with zero attached hydrogens (tertiary/aromatic N) is 1. The maximum atomic E-state index is 13.1. The summed E-state index contributed by atoms with van der Waals surface area (Å²) in [6.45, 7) is 5.90. The third-order valence-corrected chi connectivity index (χ3v) is 8.00. The van der Waals surface area contributed by atoms with E-state index in [1.165, 1.54) is 30.6 Å². The lowest BCUT2D eigenvalue weighted by Gasteiger charge is -2.48. The Morgan fingerprint density at radius 3 is 2.56 bits per heavy atom. The number of benzene rings is 1. The van der Waals surface area contributed by atoms with E-state index in [0.29, 0.717) is 27.0 Å². The van der Waals surface area contributed by atoms with E-state index < -0.39 is 0 Å². The van der Waals surface area contributed by atoms with Gasteiger partial charge >= 0.3 is 0 Å². The molecule has 2 N–H and O–H groups in total. The van der Waals surface area contributed by atoms with Crippen LogP contribution in [0, 0.1) is 6.92 Å². The van der Waals surface area contributed by atoms with E-state index in [1.807, 2.05) is 13.0 Å². The van der Waals surface area contributed by atoms with E-state index in [1.54, 1.807) is 24.3 Å². The lowest BCUT2D eigenvalue weighted by atomic mass is 9.79. The predicted octanol–water partition coefficient (Wildman–Crippen LogP) is 4.73. The van der Waals surface area contributed by atoms with Gasteiger partial charge in [0.1, 0.15) is 0 Å². The molecule has 2 aliphatic rings. The third kappa shape index (κ3) is 5.17. The number of ether oxygens (including phenoxy) is 1. The van der Waals surface area contributed by atoms with Crippen LogP contribution in [0.5, 0.6) is 0 Å². The van der Waals surface area contributed by atoms with Gasteiger partial charge in [0, 0.05) is 25.2 Å². The van der Waals surface area contributed by atoms with Crippen LogP contribution in [0.4, 0.5) is 5.00 Å². The van der Waals surface area contributed by atoms with E-state index >= 15 is 0 Å². The van der Waals surface area contributed by atoms with Crippen molar-refractivity contribution in [1.29, 1.82) is 0 Å². The molecule has 6 nitrogen and oxygen atoms in total. The molecule has 4 rings (SSSR count). The molecule has 2 amide bonds. The zero-order valence-electron chi connectivity index (χ0n) is 18.4. The third-order valence-electron chi connectivity index (χ3n) is 6.52. The van der Waals surface area contributed by atoms with Crippen LogP contribution in [0.15, 0.2) is 30.3 Å². The molecule has 2 heterocycles. The number of amides is 2. The summed E-state index contributed by atoms with van der Waals surface area (Å²) in [5.74, 6) is -0.360. The molecule has 0 atom stereocenters. The molecule has 2 aromatic rings. The molecular formula is C24H30ClN3O3S. The average Bonchev–Trinajstić information content (AvgIpc) is 3.18. The maximum absolute atomic E-state index is 13.1. The van der Waals surface area contributed by atoms with Crippen LogP contribution in [-0.2, 0) is 4.74 Å². The maximum Gasteiger partial charge on any atom is 0.261 e. The molecule has 1 aliphatic carbocycles. The first-order valence-corrected chi connectivity index (χ1v) is 12.5. The molecule has 1 aromatic carbocycles.